The van der Waals surface area contributed by atoms with Crippen LogP contribution in [0.3, 0.4) is 0 Å². The second-order valence-electron chi connectivity index (χ2n) is 6.51. The van der Waals surface area contributed by atoms with E-state index < -0.39 is 0 Å². The molecule has 0 aromatic carbocycles. The van der Waals surface area contributed by atoms with Crippen molar-refractivity contribution < 1.29 is 0 Å². The van der Waals surface area contributed by atoms with Gasteiger partial charge in [-0.1, -0.05) is 0 Å². The van der Waals surface area contributed by atoms with Crippen molar-refractivity contribution in [2.75, 3.05) is 67.1 Å². The standard InChI is InChI=1S/C16H26N6/c1-2-8-20(7-1)14-13-15(21-9-3-4-10-21)19-16(18-14)22-11-5-17-6-12-22/h13,17H,1-12H2. The number of piperazine rings is 1. The van der Waals surface area contributed by atoms with E-state index >= 15 is 0 Å². The fraction of sp³-hybridized carbons (Fsp3) is 0.750. The minimum atomic E-state index is 0.924. The molecule has 22 heavy (non-hydrogen) atoms. The molecule has 0 spiro atoms. The fourth-order valence-electron chi connectivity index (χ4n) is 3.63. The average Bonchev–Trinajstić information content (AvgIpc) is 3.29. The molecule has 1 aromatic heterocycles. The van der Waals surface area contributed by atoms with Gasteiger partial charge in [-0.15, -0.1) is 0 Å². The maximum Gasteiger partial charge on any atom is 0.229 e. The predicted octanol–water partition coefficient (Wildman–Crippen LogP) is 1.09. The van der Waals surface area contributed by atoms with Gasteiger partial charge in [-0.05, 0) is 25.7 Å². The zero-order valence-corrected chi connectivity index (χ0v) is 13.3. The number of aromatic nitrogens is 2. The van der Waals surface area contributed by atoms with Gasteiger partial charge in [-0.25, -0.2) is 0 Å². The molecule has 6 nitrogen and oxygen atoms in total. The minimum absolute atomic E-state index is 0.924. The Morgan fingerprint density at radius 3 is 1.68 bits per heavy atom. The van der Waals surface area contributed by atoms with Gasteiger partial charge < -0.3 is 20.0 Å². The van der Waals surface area contributed by atoms with E-state index in [0.29, 0.717) is 0 Å². The molecule has 0 atom stereocenters. The lowest BCUT2D eigenvalue weighted by Gasteiger charge is -2.30. The Kier molecular flexibility index (Phi) is 4.01. The number of nitrogens with one attached hydrogen (secondary N) is 1. The summed E-state index contributed by atoms with van der Waals surface area (Å²) in [6.45, 7) is 8.60. The van der Waals surface area contributed by atoms with Gasteiger partial charge in [0.25, 0.3) is 0 Å². The van der Waals surface area contributed by atoms with Crippen molar-refractivity contribution in [2.24, 2.45) is 0 Å². The zero-order valence-electron chi connectivity index (χ0n) is 13.3. The Bertz CT molecular complexity index is 467. The lowest BCUT2D eigenvalue weighted by Crippen LogP contribution is -2.44. The Hall–Kier alpha value is -1.56. The van der Waals surface area contributed by atoms with Gasteiger partial charge in [-0.3, -0.25) is 0 Å². The average molecular weight is 302 g/mol. The molecule has 3 aliphatic rings. The normalized spacial score (nSPS) is 22.6. The first-order valence-electron chi connectivity index (χ1n) is 8.75. The summed E-state index contributed by atoms with van der Waals surface area (Å²) < 4.78 is 0. The highest BCUT2D eigenvalue weighted by atomic mass is 15.3. The number of anilines is 3. The van der Waals surface area contributed by atoms with Crippen molar-refractivity contribution in [3.63, 3.8) is 0 Å². The molecule has 0 saturated carbocycles. The molecule has 6 heteroatoms. The summed E-state index contributed by atoms with van der Waals surface area (Å²) in [6, 6.07) is 2.21. The molecule has 0 aliphatic carbocycles. The second-order valence-corrected chi connectivity index (χ2v) is 6.51. The summed E-state index contributed by atoms with van der Waals surface area (Å²) in [4.78, 5) is 17.0. The lowest BCUT2D eigenvalue weighted by atomic mass is 10.4. The van der Waals surface area contributed by atoms with E-state index in [1.54, 1.807) is 0 Å². The van der Waals surface area contributed by atoms with Crippen molar-refractivity contribution in [1.29, 1.82) is 0 Å². The third-order valence-corrected chi connectivity index (χ3v) is 4.95. The summed E-state index contributed by atoms with van der Waals surface area (Å²) >= 11 is 0. The maximum absolute atomic E-state index is 4.90. The Morgan fingerprint density at radius 2 is 1.18 bits per heavy atom. The van der Waals surface area contributed by atoms with Gasteiger partial charge in [0.05, 0.1) is 0 Å². The van der Waals surface area contributed by atoms with Crippen molar-refractivity contribution in [1.82, 2.24) is 15.3 Å². The highest BCUT2D eigenvalue weighted by Crippen LogP contribution is 2.27. The van der Waals surface area contributed by atoms with Crippen LogP contribution >= 0.6 is 0 Å². The summed E-state index contributed by atoms with van der Waals surface area (Å²) in [7, 11) is 0. The molecule has 1 aromatic rings. The van der Waals surface area contributed by atoms with E-state index in [-0.39, 0.29) is 0 Å². The maximum atomic E-state index is 4.90. The van der Waals surface area contributed by atoms with Gasteiger partial charge in [0.1, 0.15) is 11.6 Å². The Morgan fingerprint density at radius 1 is 0.682 bits per heavy atom. The van der Waals surface area contributed by atoms with Crippen LogP contribution in [0, 0.1) is 0 Å². The van der Waals surface area contributed by atoms with Crippen LogP contribution in [-0.2, 0) is 0 Å². The molecule has 0 unspecified atom stereocenters. The molecule has 120 valence electrons. The molecular formula is C16H26N6. The molecule has 1 N–H and O–H groups in total. The highest BCUT2D eigenvalue weighted by Gasteiger charge is 2.22. The smallest absolute Gasteiger partial charge is 0.229 e. The molecule has 3 saturated heterocycles. The third-order valence-electron chi connectivity index (χ3n) is 4.95. The third kappa shape index (κ3) is 2.84. The number of hydrogen-bond acceptors (Lipinski definition) is 6. The van der Waals surface area contributed by atoms with E-state index in [1.165, 1.54) is 25.7 Å². The number of hydrogen-bond donors (Lipinski definition) is 1. The molecule has 3 fully saturated rings. The summed E-state index contributed by atoms with van der Waals surface area (Å²) in [5.41, 5.74) is 0. The summed E-state index contributed by atoms with van der Waals surface area (Å²) in [6.07, 6.45) is 5.13. The second kappa shape index (κ2) is 6.28. The lowest BCUT2D eigenvalue weighted by molar-refractivity contribution is 0.579. The Balaban J connectivity index is 1.65. The quantitative estimate of drug-likeness (QED) is 0.902. The Labute approximate surface area is 132 Å². The van der Waals surface area contributed by atoms with Crippen LogP contribution in [0.4, 0.5) is 17.6 Å². The zero-order chi connectivity index (χ0) is 14.8. The summed E-state index contributed by atoms with van der Waals surface area (Å²) in [5, 5.41) is 3.41. The molecular weight excluding hydrogens is 276 g/mol. The van der Waals surface area contributed by atoms with E-state index in [4.69, 9.17) is 9.97 Å². The van der Waals surface area contributed by atoms with Gasteiger partial charge >= 0.3 is 0 Å². The van der Waals surface area contributed by atoms with Crippen LogP contribution in [0.25, 0.3) is 0 Å². The van der Waals surface area contributed by atoms with E-state index in [2.05, 4.69) is 26.1 Å². The number of nitrogens with zero attached hydrogens (tertiary/aromatic N) is 5. The minimum Gasteiger partial charge on any atom is -0.356 e. The van der Waals surface area contributed by atoms with Crippen LogP contribution in [0.15, 0.2) is 6.07 Å². The van der Waals surface area contributed by atoms with Crippen LogP contribution in [0.1, 0.15) is 25.7 Å². The first-order chi connectivity index (χ1) is 10.9. The van der Waals surface area contributed by atoms with Gasteiger partial charge in [0.15, 0.2) is 0 Å². The summed E-state index contributed by atoms with van der Waals surface area (Å²) in [5.74, 6) is 3.18. The van der Waals surface area contributed by atoms with Gasteiger partial charge in [0.2, 0.25) is 5.95 Å². The van der Waals surface area contributed by atoms with Crippen molar-refractivity contribution in [2.45, 2.75) is 25.7 Å². The molecule has 4 rings (SSSR count). The van der Waals surface area contributed by atoms with Gasteiger partial charge in [0, 0.05) is 58.4 Å². The van der Waals surface area contributed by atoms with Crippen molar-refractivity contribution >= 4 is 17.6 Å². The highest BCUT2D eigenvalue weighted by molar-refractivity contribution is 5.56. The first-order valence-corrected chi connectivity index (χ1v) is 8.75. The SMILES string of the molecule is c1c(N2CCCC2)nc(N2CCNCC2)nc1N1CCCC1. The molecule has 0 bridgehead atoms. The first kappa shape index (κ1) is 14.1. The van der Waals surface area contributed by atoms with Crippen LogP contribution in [0.5, 0.6) is 0 Å². The van der Waals surface area contributed by atoms with E-state index in [1.807, 2.05) is 0 Å². The van der Waals surface area contributed by atoms with Crippen molar-refractivity contribution in [3.8, 4) is 0 Å². The molecule has 4 heterocycles. The van der Waals surface area contributed by atoms with Gasteiger partial charge in [-0.2, -0.15) is 9.97 Å². The monoisotopic (exact) mass is 302 g/mol. The van der Waals surface area contributed by atoms with E-state index in [9.17, 15) is 0 Å². The largest absolute Gasteiger partial charge is 0.356 e. The molecule has 0 radical (unpaired) electrons. The fourth-order valence-corrected chi connectivity index (χ4v) is 3.63. The molecule has 0 amide bonds. The van der Waals surface area contributed by atoms with Crippen LogP contribution in [-0.4, -0.2) is 62.3 Å². The predicted molar refractivity (Wildman–Crippen MR) is 90.0 cm³/mol. The van der Waals surface area contributed by atoms with Crippen LogP contribution in [0.2, 0.25) is 0 Å². The van der Waals surface area contributed by atoms with Crippen LogP contribution < -0.4 is 20.0 Å². The van der Waals surface area contributed by atoms with E-state index in [0.717, 1.165) is 69.9 Å². The number of rotatable bonds is 3. The van der Waals surface area contributed by atoms with Crippen molar-refractivity contribution in [3.05, 3.63) is 6.07 Å². The molecule has 3 aliphatic heterocycles. The topological polar surface area (TPSA) is 47.5 Å².